The summed E-state index contributed by atoms with van der Waals surface area (Å²) >= 11 is 0. The van der Waals surface area contributed by atoms with Gasteiger partial charge in [-0.1, -0.05) is 36.1 Å². The molecule has 12 heteroatoms. The van der Waals surface area contributed by atoms with Gasteiger partial charge in [-0.05, 0) is 36.4 Å². The minimum absolute atomic E-state index is 0.0263. The average Bonchev–Trinajstić information content (AvgIpc) is 3.31. The van der Waals surface area contributed by atoms with Gasteiger partial charge >= 0.3 is 12.3 Å². The van der Waals surface area contributed by atoms with E-state index < -0.39 is 58.7 Å². The van der Waals surface area contributed by atoms with Gasteiger partial charge in [-0.3, -0.25) is 9.58 Å². The zero-order chi connectivity index (χ0) is 31.1. The fraction of sp³-hybridized carbons (Fsp3) is 0.0968. The molecule has 5 rings (SSSR count). The van der Waals surface area contributed by atoms with Crippen molar-refractivity contribution >= 4 is 22.7 Å². The summed E-state index contributed by atoms with van der Waals surface area (Å²) in [4.78, 5) is 12.3. The van der Waals surface area contributed by atoms with Crippen LogP contribution in [0.25, 0.3) is 22.2 Å². The number of alkyl halides is 3. The summed E-state index contributed by atoms with van der Waals surface area (Å²) in [7, 11) is 1.26. The van der Waals surface area contributed by atoms with E-state index in [4.69, 9.17) is 0 Å². The molecule has 1 aromatic heterocycles. The molecule has 4 aromatic carbocycles. The van der Waals surface area contributed by atoms with Gasteiger partial charge in [-0.15, -0.1) is 0 Å². The lowest BCUT2D eigenvalue weighted by Gasteiger charge is -2.14. The number of aromatic nitrogens is 2. The third kappa shape index (κ3) is 5.88. The minimum Gasteiger partial charge on any atom is -0.465 e. The number of fused-ring (bicyclic) bond motifs is 1. The number of benzene rings is 4. The summed E-state index contributed by atoms with van der Waals surface area (Å²) < 4.78 is 99.2. The first-order chi connectivity index (χ1) is 20.3. The summed E-state index contributed by atoms with van der Waals surface area (Å²) in [6, 6.07) is 13.8. The lowest BCUT2D eigenvalue weighted by molar-refractivity contribution is -0.136. The molecule has 0 aliphatic carbocycles. The number of rotatable bonds is 4. The van der Waals surface area contributed by atoms with Crippen LogP contribution < -0.4 is 4.90 Å². The van der Waals surface area contributed by atoms with Gasteiger partial charge in [0, 0.05) is 41.3 Å². The molecule has 0 unspecified atom stereocenters. The van der Waals surface area contributed by atoms with Crippen molar-refractivity contribution in [1.82, 2.24) is 9.78 Å². The maximum absolute atomic E-state index is 14.6. The zero-order valence-electron chi connectivity index (χ0n) is 22.0. The third-order valence-electron chi connectivity index (χ3n) is 6.57. The zero-order valence-corrected chi connectivity index (χ0v) is 22.0. The van der Waals surface area contributed by atoms with Crippen molar-refractivity contribution in [1.29, 1.82) is 0 Å². The molecule has 0 aliphatic heterocycles. The third-order valence-corrected chi connectivity index (χ3v) is 6.57. The van der Waals surface area contributed by atoms with Crippen molar-refractivity contribution in [2.45, 2.75) is 12.7 Å². The first-order valence-electron chi connectivity index (χ1n) is 12.4. The highest BCUT2D eigenvalue weighted by molar-refractivity contribution is 5.95. The van der Waals surface area contributed by atoms with Gasteiger partial charge in [-0.2, -0.15) is 18.3 Å². The summed E-state index contributed by atoms with van der Waals surface area (Å²) in [6.45, 7) is -0.663. The van der Waals surface area contributed by atoms with Crippen LogP contribution in [0.15, 0.2) is 72.8 Å². The number of hydrogen-bond donors (Lipinski definition) is 1. The first-order valence-corrected chi connectivity index (χ1v) is 12.4. The topological polar surface area (TPSA) is 58.4 Å². The Labute approximate surface area is 239 Å². The van der Waals surface area contributed by atoms with E-state index in [1.165, 1.54) is 43.4 Å². The van der Waals surface area contributed by atoms with Crippen LogP contribution in [-0.2, 0) is 12.7 Å². The van der Waals surface area contributed by atoms with Gasteiger partial charge in [-0.25, -0.2) is 22.4 Å². The van der Waals surface area contributed by atoms with Gasteiger partial charge in [0.05, 0.1) is 29.1 Å². The van der Waals surface area contributed by atoms with Crippen molar-refractivity contribution < 1.29 is 40.6 Å². The lowest BCUT2D eigenvalue weighted by Crippen LogP contribution is -2.24. The Kier molecular flexibility index (Phi) is 7.58. The molecule has 0 saturated heterocycles. The van der Waals surface area contributed by atoms with E-state index >= 15 is 0 Å². The number of anilines is 1. The minimum atomic E-state index is -4.79. The molecule has 0 radical (unpaired) electrons. The highest BCUT2D eigenvalue weighted by Gasteiger charge is 2.34. The van der Waals surface area contributed by atoms with Crippen molar-refractivity contribution in [3.63, 3.8) is 0 Å². The fourth-order valence-electron chi connectivity index (χ4n) is 4.56. The van der Waals surface area contributed by atoms with Crippen LogP contribution in [0.3, 0.4) is 0 Å². The first kappa shape index (κ1) is 29.2. The molecule has 1 amide bonds. The second kappa shape index (κ2) is 11.2. The Morgan fingerprint density at radius 3 is 2.28 bits per heavy atom. The van der Waals surface area contributed by atoms with Crippen LogP contribution in [0.5, 0.6) is 0 Å². The van der Waals surface area contributed by atoms with E-state index in [2.05, 4.69) is 16.9 Å². The lowest BCUT2D eigenvalue weighted by atomic mass is 10.0. The van der Waals surface area contributed by atoms with Crippen molar-refractivity contribution in [3.8, 4) is 23.1 Å². The van der Waals surface area contributed by atoms with E-state index in [9.17, 15) is 40.6 Å². The average molecular weight is 597 g/mol. The Hall–Kier alpha value is -5.31. The second-order valence-corrected chi connectivity index (χ2v) is 9.39. The summed E-state index contributed by atoms with van der Waals surface area (Å²) in [6.07, 6.45) is -6.09. The van der Waals surface area contributed by atoms with Crippen molar-refractivity contribution in [2.75, 3.05) is 11.9 Å². The van der Waals surface area contributed by atoms with Gasteiger partial charge in [0.1, 0.15) is 28.8 Å². The highest BCUT2D eigenvalue weighted by Crippen LogP contribution is 2.38. The molecule has 218 valence electrons. The van der Waals surface area contributed by atoms with Crippen LogP contribution in [0.1, 0.15) is 22.3 Å². The molecule has 0 aliphatic rings. The number of nitrogens with zero attached hydrogens (tertiary/aromatic N) is 3. The largest absolute Gasteiger partial charge is 0.465 e. The van der Waals surface area contributed by atoms with E-state index in [1.807, 2.05) is 0 Å². The van der Waals surface area contributed by atoms with E-state index in [1.54, 1.807) is 6.07 Å². The van der Waals surface area contributed by atoms with Crippen molar-refractivity contribution in [3.05, 3.63) is 118 Å². The molecule has 5 aromatic rings. The summed E-state index contributed by atoms with van der Waals surface area (Å²) in [5.74, 6) is 1.22. The van der Waals surface area contributed by atoms with Gasteiger partial charge in [0.2, 0.25) is 0 Å². The second-order valence-electron chi connectivity index (χ2n) is 9.39. The van der Waals surface area contributed by atoms with Crippen molar-refractivity contribution in [2.24, 2.45) is 0 Å². The Bertz CT molecular complexity index is 1930. The number of carboxylic acid groups (broad SMARTS) is 1. The Morgan fingerprint density at radius 1 is 0.907 bits per heavy atom. The molecule has 0 fully saturated rings. The van der Waals surface area contributed by atoms with E-state index in [0.717, 1.165) is 27.8 Å². The van der Waals surface area contributed by atoms with Gasteiger partial charge in [0.15, 0.2) is 0 Å². The van der Waals surface area contributed by atoms with Crippen LogP contribution >= 0.6 is 0 Å². The SMILES string of the molecule is CN(C(=O)O)c1ccc(F)cc1C#Cc1cccc(-c2c3cccc(C(F)(F)F)c3nn2Cc2c(F)cc(F)cc2F)c1. The monoisotopic (exact) mass is 597 g/mol. The standard InChI is InChI=1S/C31H18F7N3O2/c1-40(30(42)43)27-11-10-20(32)13-18(27)9-8-17-4-2-5-19(12-17)29-22-6-3-7-24(31(36,37)38)28(22)39-41(29)16-23-25(34)14-21(33)15-26(23)35/h2-7,10-15H,16H2,1H3,(H,42,43). The molecule has 0 spiro atoms. The predicted molar refractivity (Wildman–Crippen MR) is 144 cm³/mol. The fourth-order valence-corrected chi connectivity index (χ4v) is 4.56. The molecule has 1 N–H and O–H groups in total. The number of halogens is 7. The van der Waals surface area contributed by atoms with Gasteiger partial charge < -0.3 is 5.11 Å². The van der Waals surface area contributed by atoms with Crippen LogP contribution in [-0.4, -0.2) is 28.0 Å². The molecule has 1 heterocycles. The molecule has 0 saturated carbocycles. The number of amides is 1. The Morgan fingerprint density at radius 2 is 1.60 bits per heavy atom. The molecule has 0 bridgehead atoms. The molecule has 43 heavy (non-hydrogen) atoms. The quantitative estimate of drug-likeness (QED) is 0.170. The van der Waals surface area contributed by atoms with Crippen LogP contribution in [0.2, 0.25) is 0 Å². The van der Waals surface area contributed by atoms with E-state index in [-0.39, 0.29) is 27.9 Å². The maximum atomic E-state index is 14.6. The highest BCUT2D eigenvalue weighted by atomic mass is 19.4. The number of carbonyl (C=O) groups is 1. The smallest absolute Gasteiger partial charge is 0.418 e. The summed E-state index contributed by atoms with van der Waals surface area (Å²) in [5, 5.41) is 13.4. The van der Waals surface area contributed by atoms with Crippen LogP contribution in [0.4, 0.5) is 41.2 Å². The number of hydrogen-bond acceptors (Lipinski definition) is 2. The molecule has 0 atom stereocenters. The normalized spacial score (nSPS) is 11.3. The van der Waals surface area contributed by atoms with E-state index in [0.29, 0.717) is 17.7 Å². The van der Waals surface area contributed by atoms with Crippen LogP contribution in [0, 0.1) is 35.1 Å². The molecular weight excluding hydrogens is 579 g/mol. The maximum Gasteiger partial charge on any atom is 0.418 e. The predicted octanol–water partition coefficient (Wildman–Crippen LogP) is 7.84. The van der Waals surface area contributed by atoms with Gasteiger partial charge in [0.25, 0.3) is 0 Å². The Balaban J connectivity index is 1.67. The molecular formula is C31H18F7N3O2. The molecule has 5 nitrogen and oxygen atoms in total. The summed E-state index contributed by atoms with van der Waals surface area (Å²) in [5.41, 5.74) is -1.32.